The first-order chi connectivity index (χ1) is 13.0. The second kappa shape index (κ2) is 5.87. The summed E-state index contributed by atoms with van der Waals surface area (Å²) in [6, 6.07) is 15.2. The minimum atomic E-state index is -3.50. The molecule has 2 aliphatic heterocycles. The molecule has 1 amide bonds. The van der Waals surface area contributed by atoms with Crippen LogP contribution in [0.25, 0.3) is 10.9 Å². The fraction of sp³-hybridized carbons (Fsp3) is 0.250. The maximum absolute atomic E-state index is 13.1. The van der Waals surface area contributed by atoms with E-state index in [0.29, 0.717) is 24.0 Å². The number of benzene rings is 2. The van der Waals surface area contributed by atoms with Crippen molar-refractivity contribution in [3.63, 3.8) is 0 Å². The largest absolute Gasteiger partial charge is 0.320 e. The highest BCUT2D eigenvalue weighted by atomic mass is 32.2. The first-order valence-corrected chi connectivity index (χ1v) is 11.4. The average Bonchev–Trinajstić information content (AvgIpc) is 3.04. The van der Waals surface area contributed by atoms with Crippen LogP contribution >= 0.6 is 11.8 Å². The lowest BCUT2D eigenvalue weighted by Gasteiger charge is -2.40. The van der Waals surface area contributed by atoms with E-state index in [1.807, 2.05) is 53.4 Å². The Morgan fingerprint density at radius 2 is 1.85 bits per heavy atom. The highest BCUT2D eigenvalue weighted by molar-refractivity contribution is 7.99. The van der Waals surface area contributed by atoms with Crippen molar-refractivity contribution in [3.8, 4) is 0 Å². The molecule has 3 heterocycles. The normalized spacial score (nSPS) is 18.9. The third-order valence-corrected chi connectivity index (χ3v) is 8.35. The first kappa shape index (κ1) is 16.9. The van der Waals surface area contributed by atoms with Crippen molar-refractivity contribution in [3.05, 3.63) is 65.4 Å². The van der Waals surface area contributed by atoms with Gasteiger partial charge < -0.3 is 4.90 Å². The van der Waals surface area contributed by atoms with Gasteiger partial charge in [0, 0.05) is 16.8 Å². The van der Waals surface area contributed by atoms with Gasteiger partial charge in [0.25, 0.3) is 5.91 Å². The monoisotopic (exact) mass is 398 g/mol. The number of para-hydroxylation sites is 1. The summed E-state index contributed by atoms with van der Waals surface area (Å²) in [7, 11) is -3.50. The molecule has 5 nitrogen and oxygen atoms in total. The number of fused-ring (bicyclic) bond motifs is 6. The predicted octanol–water partition coefficient (Wildman–Crippen LogP) is 3.64. The maximum Gasteiger partial charge on any atom is 0.256 e. The quantitative estimate of drug-likeness (QED) is 0.661. The summed E-state index contributed by atoms with van der Waals surface area (Å²) in [6.07, 6.45) is 0.660. The summed E-state index contributed by atoms with van der Waals surface area (Å²) in [5.74, 6) is -0.00857. The molecule has 1 atom stereocenters. The summed E-state index contributed by atoms with van der Waals surface area (Å²) < 4.78 is 27.5. The third-order valence-electron chi connectivity index (χ3n) is 5.36. The Hall–Kier alpha value is -2.25. The number of nitrogens with zero attached hydrogens (tertiary/aromatic N) is 2. The van der Waals surface area contributed by atoms with E-state index < -0.39 is 10.0 Å². The Morgan fingerprint density at radius 1 is 1.11 bits per heavy atom. The van der Waals surface area contributed by atoms with Crippen LogP contribution in [0.4, 0.5) is 0 Å². The Balaban J connectivity index is 1.82. The van der Waals surface area contributed by atoms with Crippen LogP contribution in [-0.4, -0.2) is 35.5 Å². The van der Waals surface area contributed by atoms with E-state index >= 15 is 0 Å². The van der Waals surface area contributed by atoms with Crippen molar-refractivity contribution in [2.75, 3.05) is 12.3 Å². The number of carbonyl (C=O) groups is 1. The van der Waals surface area contributed by atoms with E-state index in [1.54, 1.807) is 18.7 Å². The lowest BCUT2D eigenvalue weighted by Crippen LogP contribution is -2.42. The molecule has 27 heavy (non-hydrogen) atoms. The van der Waals surface area contributed by atoms with Gasteiger partial charge in [-0.15, -0.1) is 0 Å². The molecular formula is C20H18N2O3S2. The van der Waals surface area contributed by atoms with Crippen molar-refractivity contribution in [1.82, 2.24) is 8.87 Å². The number of hydrogen-bond acceptors (Lipinski definition) is 4. The van der Waals surface area contributed by atoms with Gasteiger partial charge in [-0.05, 0) is 37.1 Å². The molecule has 0 fully saturated rings. The number of aromatic nitrogens is 1. The summed E-state index contributed by atoms with van der Waals surface area (Å²) >= 11 is 1.56. The van der Waals surface area contributed by atoms with Crippen LogP contribution in [0, 0.1) is 0 Å². The maximum atomic E-state index is 13.1. The lowest BCUT2D eigenvalue weighted by atomic mass is 10.0. The summed E-state index contributed by atoms with van der Waals surface area (Å²) in [5.41, 5.74) is 3.18. The molecule has 0 spiro atoms. The van der Waals surface area contributed by atoms with Crippen LogP contribution in [0.5, 0.6) is 0 Å². The Kier molecular flexibility index (Phi) is 3.67. The van der Waals surface area contributed by atoms with Gasteiger partial charge in [0.15, 0.2) is 0 Å². The van der Waals surface area contributed by atoms with E-state index in [-0.39, 0.29) is 17.0 Å². The van der Waals surface area contributed by atoms with Gasteiger partial charge in [-0.1, -0.05) is 42.1 Å². The second-order valence-electron chi connectivity index (χ2n) is 6.76. The molecule has 2 aromatic carbocycles. The van der Waals surface area contributed by atoms with Gasteiger partial charge in [-0.2, -0.15) is 0 Å². The van der Waals surface area contributed by atoms with Gasteiger partial charge in [0.1, 0.15) is 5.37 Å². The fourth-order valence-corrected chi connectivity index (χ4v) is 6.74. The minimum Gasteiger partial charge on any atom is -0.320 e. The zero-order chi connectivity index (χ0) is 18.8. The molecule has 0 aliphatic carbocycles. The van der Waals surface area contributed by atoms with Gasteiger partial charge in [-0.3, -0.25) is 4.79 Å². The SMILES string of the molecule is CCS(=O)(=O)n1c2c(c3ccccc31)CCN1C(=O)c3ccccc3SC21. The predicted molar refractivity (Wildman–Crippen MR) is 107 cm³/mol. The van der Waals surface area contributed by atoms with Crippen LogP contribution in [0.15, 0.2) is 53.4 Å². The van der Waals surface area contributed by atoms with E-state index in [4.69, 9.17) is 0 Å². The van der Waals surface area contributed by atoms with Crippen molar-refractivity contribution >= 4 is 38.6 Å². The zero-order valence-electron chi connectivity index (χ0n) is 14.8. The lowest BCUT2D eigenvalue weighted by molar-refractivity contribution is 0.0714. The van der Waals surface area contributed by atoms with Crippen LogP contribution in [0.2, 0.25) is 0 Å². The van der Waals surface area contributed by atoms with Crippen LogP contribution < -0.4 is 0 Å². The molecule has 1 aromatic heterocycles. The van der Waals surface area contributed by atoms with E-state index in [1.165, 1.54) is 3.97 Å². The number of amides is 1. The Bertz CT molecular complexity index is 1200. The molecule has 3 aromatic rings. The molecule has 2 aliphatic rings. The summed E-state index contributed by atoms with van der Waals surface area (Å²) in [6.45, 7) is 2.25. The molecule has 0 bridgehead atoms. The molecule has 7 heteroatoms. The zero-order valence-corrected chi connectivity index (χ0v) is 16.4. The fourth-order valence-electron chi connectivity index (χ4n) is 4.08. The molecule has 0 radical (unpaired) electrons. The van der Waals surface area contributed by atoms with Gasteiger partial charge in [0.05, 0.1) is 22.5 Å². The van der Waals surface area contributed by atoms with Crippen molar-refractivity contribution in [2.24, 2.45) is 0 Å². The van der Waals surface area contributed by atoms with Gasteiger partial charge in [-0.25, -0.2) is 12.4 Å². The van der Waals surface area contributed by atoms with E-state index in [0.717, 1.165) is 21.5 Å². The number of hydrogen-bond donors (Lipinski definition) is 0. The van der Waals surface area contributed by atoms with Gasteiger partial charge >= 0.3 is 0 Å². The molecule has 0 saturated heterocycles. The number of thioether (sulfide) groups is 1. The smallest absolute Gasteiger partial charge is 0.256 e. The highest BCUT2D eigenvalue weighted by Crippen LogP contribution is 2.50. The first-order valence-electron chi connectivity index (χ1n) is 8.95. The number of carbonyl (C=O) groups excluding carboxylic acids is 1. The molecular weight excluding hydrogens is 380 g/mol. The Morgan fingerprint density at radius 3 is 2.67 bits per heavy atom. The van der Waals surface area contributed by atoms with Crippen LogP contribution in [0.3, 0.4) is 0 Å². The van der Waals surface area contributed by atoms with Crippen molar-refractivity contribution in [1.29, 1.82) is 0 Å². The molecule has 5 rings (SSSR count). The topological polar surface area (TPSA) is 59.4 Å². The summed E-state index contributed by atoms with van der Waals surface area (Å²) in [5, 5.41) is 0.640. The van der Waals surface area contributed by atoms with Crippen molar-refractivity contribution in [2.45, 2.75) is 23.6 Å². The molecule has 0 N–H and O–H groups in total. The van der Waals surface area contributed by atoms with Crippen LogP contribution in [0.1, 0.15) is 33.9 Å². The standard InChI is InChI=1S/C20H18N2O3S2/c1-2-27(24,25)22-16-9-5-3-7-13(16)14-11-12-21-19(23)15-8-4-6-10-17(15)26-20(21)18(14)22/h3-10,20H,2,11-12H2,1H3. The molecule has 1 unspecified atom stereocenters. The average molecular weight is 399 g/mol. The second-order valence-corrected chi connectivity index (χ2v) is 9.99. The molecule has 138 valence electrons. The van der Waals surface area contributed by atoms with Gasteiger partial charge in [0.2, 0.25) is 10.0 Å². The molecule has 0 saturated carbocycles. The summed E-state index contributed by atoms with van der Waals surface area (Å²) in [4.78, 5) is 15.8. The highest BCUT2D eigenvalue weighted by Gasteiger charge is 2.42. The minimum absolute atomic E-state index is 0.0139. The number of rotatable bonds is 2. The van der Waals surface area contributed by atoms with E-state index in [2.05, 4.69) is 0 Å². The Labute approximate surface area is 162 Å². The third kappa shape index (κ3) is 2.31. The van der Waals surface area contributed by atoms with Crippen molar-refractivity contribution < 1.29 is 13.2 Å². The van der Waals surface area contributed by atoms with Crippen LogP contribution in [-0.2, 0) is 16.4 Å². The van der Waals surface area contributed by atoms with E-state index in [9.17, 15) is 13.2 Å².